The third-order valence-electron chi connectivity index (χ3n) is 2.75. The fraction of sp³-hybridized carbons (Fsp3) is 0.231. The van der Waals surface area contributed by atoms with Gasteiger partial charge >= 0.3 is 12.1 Å². The van der Waals surface area contributed by atoms with Gasteiger partial charge in [-0.3, -0.25) is 4.79 Å². The number of phenols is 1. The fourth-order valence-corrected chi connectivity index (χ4v) is 1.82. The molecule has 21 heavy (non-hydrogen) atoms. The van der Waals surface area contributed by atoms with Crippen molar-refractivity contribution in [3.05, 3.63) is 35.5 Å². The number of halogens is 3. The Morgan fingerprint density at radius 3 is 2.38 bits per heavy atom. The van der Waals surface area contributed by atoms with E-state index in [1.54, 1.807) is 0 Å². The molecule has 0 unspecified atom stereocenters. The van der Waals surface area contributed by atoms with E-state index < -0.39 is 35.6 Å². The van der Waals surface area contributed by atoms with E-state index in [4.69, 9.17) is 14.7 Å². The van der Waals surface area contributed by atoms with Crippen LogP contribution in [-0.2, 0) is 17.4 Å². The number of aromatic hydroxyl groups is 1. The number of alkyl halides is 3. The average molecular weight is 301 g/mol. The van der Waals surface area contributed by atoms with Crippen LogP contribution in [-0.4, -0.2) is 21.3 Å². The predicted molar refractivity (Wildman–Crippen MR) is 64.6 cm³/mol. The van der Waals surface area contributed by atoms with Gasteiger partial charge in [-0.15, -0.1) is 0 Å². The summed E-state index contributed by atoms with van der Waals surface area (Å²) in [6, 6.07) is 4.95. The van der Waals surface area contributed by atoms with Gasteiger partial charge in [0.05, 0.1) is 12.1 Å². The van der Waals surface area contributed by atoms with Crippen LogP contribution in [0.2, 0.25) is 0 Å². The molecule has 0 spiro atoms. The summed E-state index contributed by atoms with van der Waals surface area (Å²) < 4.78 is 44.1. The molecule has 112 valence electrons. The zero-order valence-electron chi connectivity index (χ0n) is 10.5. The molecular weight excluding hydrogens is 291 g/mol. The van der Waals surface area contributed by atoms with E-state index in [-0.39, 0.29) is 17.7 Å². The number of carboxylic acids is 1. The molecule has 8 heteroatoms. The predicted octanol–water partition coefficient (Wildman–Crippen LogP) is 3.08. The van der Waals surface area contributed by atoms with Crippen LogP contribution in [0.4, 0.5) is 13.2 Å². The molecule has 0 bridgehead atoms. The number of hydrogen-bond donors (Lipinski definition) is 2. The van der Waals surface area contributed by atoms with Crippen LogP contribution in [0.5, 0.6) is 5.75 Å². The van der Waals surface area contributed by atoms with E-state index in [9.17, 15) is 18.0 Å². The van der Waals surface area contributed by atoms with Crippen LogP contribution in [0.1, 0.15) is 17.7 Å². The van der Waals surface area contributed by atoms with Gasteiger partial charge in [0.2, 0.25) is 0 Å². The Balaban J connectivity index is 2.46. The molecule has 0 aliphatic rings. The molecule has 1 heterocycles. The number of hydrogen-bond acceptors (Lipinski definition) is 4. The van der Waals surface area contributed by atoms with Gasteiger partial charge in [-0.1, -0.05) is 5.16 Å². The summed E-state index contributed by atoms with van der Waals surface area (Å²) in [5, 5.41) is 21.0. The van der Waals surface area contributed by atoms with Gasteiger partial charge in [0.15, 0.2) is 5.76 Å². The van der Waals surface area contributed by atoms with E-state index >= 15 is 0 Å². The zero-order chi connectivity index (χ0) is 15.6. The van der Waals surface area contributed by atoms with Crippen molar-refractivity contribution in [2.24, 2.45) is 0 Å². The molecule has 0 saturated heterocycles. The normalized spacial score (nSPS) is 11.6. The van der Waals surface area contributed by atoms with Crippen LogP contribution in [0.25, 0.3) is 11.3 Å². The van der Waals surface area contributed by atoms with Crippen molar-refractivity contribution in [1.29, 1.82) is 0 Å². The number of rotatable bonds is 4. The van der Waals surface area contributed by atoms with E-state index in [1.807, 2.05) is 0 Å². The lowest BCUT2D eigenvalue weighted by Gasteiger charge is -2.08. The number of benzene rings is 1. The van der Waals surface area contributed by atoms with Crippen molar-refractivity contribution in [3.8, 4) is 17.1 Å². The Morgan fingerprint density at radius 2 is 1.86 bits per heavy atom. The summed E-state index contributed by atoms with van der Waals surface area (Å²) in [5.41, 5.74) is -1.45. The van der Waals surface area contributed by atoms with E-state index in [0.29, 0.717) is 0 Å². The lowest BCUT2D eigenvalue weighted by molar-refractivity contribution is -0.139. The molecule has 1 aromatic heterocycles. The number of carbonyl (C=O) groups is 1. The van der Waals surface area contributed by atoms with Crippen molar-refractivity contribution >= 4 is 5.97 Å². The maximum atomic E-state index is 13.1. The number of aromatic nitrogens is 1. The Labute approximate surface area is 116 Å². The van der Waals surface area contributed by atoms with Gasteiger partial charge in [-0.05, 0) is 24.3 Å². The maximum absolute atomic E-state index is 13.1. The van der Waals surface area contributed by atoms with Crippen LogP contribution in [0.15, 0.2) is 28.8 Å². The number of phenolic OH excluding ortho intramolecular Hbond substituents is 1. The SMILES string of the molecule is O=C(O)CCc1noc(-c2ccc(O)cc2)c1C(F)(F)F. The van der Waals surface area contributed by atoms with Crippen LogP contribution in [0, 0.1) is 0 Å². The van der Waals surface area contributed by atoms with Crippen molar-refractivity contribution in [3.63, 3.8) is 0 Å². The maximum Gasteiger partial charge on any atom is 0.422 e. The summed E-state index contributed by atoms with van der Waals surface area (Å²) in [5.74, 6) is -1.82. The molecular formula is C13H10F3NO4. The van der Waals surface area contributed by atoms with Gasteiger partial charge in [0, 0.05) is 12.0 Å². The zero-order valence-corrected chi connectivity index (χ0v) is 10.5. The molecule has 0 radical (unpaired) electrons. The molecule has 2 rings (SSSR count). The molecule has 2 aromatic rings. The minimum atomic E-state index is -4.72. The Kier molecular flexibility index (Phi) is 3.88. The summed E-state index contributed by atoms with van der Waals surface area (Å²) in [4.78, 5) is 10.5. The fourth-order valence-electron chi connectivity index (χ4n) is 1.82. The van der Waals surface area contributed by atoms with Gasteiger partial charge in [-0.2, -0.15) is 13.2 Å². The van der Waals surface area contributed by atoms with Crippen molar-refractivity contribution in [1.82, 2.24) is 5.16 Å². The molecule has 0 fully saturated rings. The first-order valence-corrected chi connectivity index (χ1v) is 5.86. The van der Waals surface area contributed by atoms with Crippen LogP contribution in [0.3, 0.4) is 0 Å². The van der Waals surface area contributed by atoms with E-state index in [1.165, 1.54) is 24.3 Å². The van der Waals surface area contributed by atoms with Gasteiger partial charge in [-0.25, -0.2) is 0 Å². The third-order valence-corrected chi connectivity index (χ3v) is 2.75. The minimum Gasteiger partial charge on any atom is -0.508 e. The minimum absolute atomic E-state index is 0.0919. The highest BCUT2D eigenvalue weighted by Gasteiger charge is 2.40. The second-order valence-electron chi connectivity index (χ2n) is 4.27. The van der Waals surface area contributed by atoms with Gasteiger partial charge < -0.3 is 14.7 Å². The molecule has 0 amide bonds. The first kappa shape index (κ1) is 14.9. The summed E-state index contributed by atoms with van der Waals surface area (Å²) in [6.45, 7) is 0. The second kappa shape index (κ2) is 5.47. The second-order valence-corrected chi connectivity index (χ2v) is 4.27. The molecule has 0 aliphatic carbocycles. The smallest absolute Gasteiger partial charge is 0.422 e. The molecule has 5 nitrogen and oxygen atoms in total. The monoisotopic (exact) mass is 301 g/mol. The quantitative estimate of drug-likeness (QED) is 0.906. The number of aliphatic carboxylic acids is 1. The third kappa shape index (κ3) is 3.33. The Bertz CT molecular complexity index is 646. The van der Waals surface area contributed by atoms with Crippen molar-refractivity contribution in [2.45, 2.75) is 19.0 Å². The van der Waals surface area contributed by atoms with Gasteiger partial charge in [0.25, 0.3) is 0 Å². The summed E-state index contributed by atoms with van der Waals surface area (Å²) in [7, 11) is 0. The van der Waals surface area contributed by atoms with E-state index in [2.05, 4.69) is 5.16 Å². The van der Waals surface area contributed by atoms with Crippen LogP contribution >= 0.6 is 0 Å². The first-order valence-electron chi connectivity index (χ1n) is 5.86. The summed E-state index contributed by atoms with van der Waals surface area (Å²) >= 11 is 0. The van der Waals surface area contributed by atoms with Crippen LogP contribution < -0.4 is 0 Å². The summed E-state index contributed by atoms with van der Waals surface area (Å²) in [6.07, 6.45) is -5.59. The molecule has 0 aliphatic heterocycles. The number of carboxylic acid groups (broad SMARTS) is 1. The largest absolute Gasteiger partial charge is 0.508 e. The first-order chi connectivity index (χ1) is 9.79. The molecule has 0 saturated carbocycles. The highest BCUT2D eigenvalue weighted by molar-refractivity contribution is 5.68. The Morgan fingerprint density at radius 1 is 1.24 bits per heavy atom. The topological polar surface area (TPSA) is 83.6 Å². The lowest BCUT2D eigenvalue weighted by Crippen LogP contribution is -2.10. The van der Waals surface area contributed by atoms with Crippen molar-refractivity contribution in [2.75, 3.05) is 0 Å². The van der Waals surface area contributed by atoms with Crippen molar-refractivity contribution < 1.29 is 32.7 Å². The molecule has 1 aromatic carbocycles. The van der Waals surface area contributed by atoms with E-state index in [0.717, 1.165) is 0 Å². The highest BCUT2D eigenvalue weighted by Crippen LogP contribution is 2.40. The van der Waals surface area contributed by atoms with Gasteiger partial charge in [0.1, 0.15) is 11.3 Å². The highest BCUT2D eigenvalue weighted by atomic mass is 19.4. The standard InChI is InChI=1S/C13H10F3NO4/c14-13(15,16)11-9(5-6-10(19)20)17-21-12(11)7-1-3-8(18)4-2-7/h1-4,18H,5-6H2,(H,19,20). The Hall–Kier alpha value is -2.51. The average Bonchev–Trinajstić information content (AvgIpc) is 2.81. The number of nitrogens with zero attached hydrogens (tertiary/aromatic N) is 1. The molecule has 0 atom stereocenters. The number of aryl methyl sites for hydroxylation is 1. The lowest BCUT2D eigenvalue weighted by atomic mass is 10.0. The molecule has 2 N–H and O–H groups in total.